The van der Waals surface area contributed by atoms with Gasteiger partial charge in [-0.15, -0.1) is 0 Å². The van der Waals surface area contributed by atoms with Crippen molar-refractivity contribution < 1.29 is 17.9 Å². The molecule has 1 aliphatic heterocycles. The maximum atomic E-state index is 13.1. The van der Waals surface area contributed by atoms with Crippen LogP contribution in [-0.4, -0.2) is 48.4 Å². The summed E-state index contributed by atoms with van der Waals surface area (Å²) in [5, 5.41) is 0. The van der Waals surface area contributed by atoms with Crippen molar-refractivity contribution in [1.82, 2.24) is 13.9 Å². The van der Waals surface area contributed by atoms with Gasteiger partial charge in [0.25, 0.3) is 5.91 Å². The van der Waals surface area contributed by atoms with Crippen LogP contribution in [0.3, 0.4) is 0 Å². The summed E-state index contributed by atoms with van der Waals surface area (Å²) in [6, 6.07) is 12.3. The Morgan fingerprint density at radius 1 is 1.10 bits per heavy atom. The van der Waals surface area contributed by atoms with Crippen LogP contribution in [0.5, 0.6) is 5.75 Å². The highest BCUT2D eigenvalue weighted by atomic mass is 32.2. The molecule has 0 aliphatic carbocycles. The molecule has 3 aromatic rings. The molecule has 156 valence electrons. The largest absolute Gasteiger partial charge is 0.495 e. The van der Waals surface area contributed by atoms with Crippen LogP contribution in [-0.2, 0) is 10.0 Å². The maximum Gasteiger partial charge on any atom is 0.256 e. The Labute approximate surface area is 175 Å². The number of fused-ring (bicyclic) bond motifs is 1. The van der Waals surface area contributed by atoms with E-state index >= 15 is 0 Å². The van der Waals surface area contributed by atoms with Gasteiger partial charge in [0, 0.05) is 19.2 Å². The lowest BCUT2D eigenvalue weighted by atomic mass is 10.2. The highest BCUT2D eigenvalue weighted by Gasteiger charge is 2.29. The Kier molecular flexibility index (Phi) is 5.69. The number of piperidine rings is 1. The zero-order chi connectivity index (χ0) is 21.1. The molecule has 0 saturated carbocycles. The molecule has 2 heterocycles. The third kappa shape index (κ3) is 3.88. The Bertz CT molecular complexity index is 1210. The smallest absolute Gasteiger partial charge is 0.256 e. The van der Waals surface area contributed by atoms with Crippen LogP contribution in [0.4, 0.5) is 0 Å². The van der Waals surface area contributed by atoms with Gasteiger partial charge in [-0.1, -0.05) is 24.6 Å². The molecule has 1 aliphatic rings. The van der Waals surface area contributed by atoms with E-state index in [1.54, 1.807) is 24.3 Å². The first kappa shape index (κ1) is 20.3. The van der Waals surface area contributed by atoms with Gasteiger partial charge in [-0.2, -0.15) is 4.31 Å². The van der Waals surface area contributed by atoms with Crippen LogP contribution in [0.25, 0.3) is 17.1 Å². The normalized spacial score (nSPS) is 15.6. The van der Waals surface area contributed by atoms with E-state index in [4.69, 9.17) is 4.74 Å². The van der Waals surface area contributed by atoms with Gasteiger partial charge in [-0.25, -0.2) is 13.4 Å². The number of hydrogen-bond donors (Lipinski definition) is 0. The lowest BCUT2D eigenvalue weighted by molar-refractivity contribution is 0.0974. The Morgan fingerprint density at radius 3 is 2.63 bits per heavy atom. The van der Waals surface area contributed by atoms with E-state index in [0.717, 1.165) is 30.3 Å². The maximum absolute atomic E-state index is 13.1. The number of methoxy groups -OCH3 is 1. The molecule has 0 radical (unpaired) electrons. The van der Waals surface area contributed by atoms with Gasteiger partial charge in [0.1, 0.15) is 17.0 Å². The van der Waals surface area contributed by atoms with Crippen LogP contribution in [0.1, 0.15) is 29.6 Å². The summed E-state index contributed by atoms with van der Waals surface area (Å²) in [5.74, 6) is 0.0320. The third-order valence-corrected chi connectivity index (χ3v) is 7.15. The SMILES string of the molecule is COc1ccc(C=CC(=O)n2cnc3ccccc32)cc1S(=O)(=O)N1CCCCC1. The predicted octanol–water partition coefficient (Wildman–Crippen LogP) is 3.57. The molecule has 1 fully saturated rings. The highest BCUT2D eigenvalue weighted by Crippen LogP contribution is 2.30. The fourth-order valence-corrected chi connectivity index (χ4v) is 5.33. The number of nitrogens with zero attached hydrogens (tertiary/aromatic N) is 3. The fraction of sp³-hybridized carbons (Fsp3) is 0.273. The molecule has 0 atom stereocenters. The quantitative estimate of drug-likeness (QED) is 0.584. The Hall–Kier alpha value is -2.97. The predicted molar refractivity (Wildman–Crippen MR) is 115 cm³/mol. The van der Waals surface area contributed by atoms with E-state index in [1.165, 1.54) is 28.4 Å². The number of rotatable bonds is 5. The van der Waals surface area contributed by atoms with E-state index in [2.05, 4.69) is 4.98 Å². The standard InChI is InChI=1S/C22H23N3O4S/c1-29-20-11-9-17(15-21(20)30(27,28)24-13-5-2-6-14-24)10-12-22(26)25-16-23-18-7-3-4-8-19(18)25/h3-4,7-12,15-16H,2,5-6,13-14H2,1H3. The number of carbonyl (C=O) groups excluding carboxylic acids is 1. The van der Waals surface area contributed by atoms with Crippen LogP contribution < -0.4 is 4.74 Å². The first-order chi connectivity index (χ1) is 14.5. The Balaban J connectivity index is 1.63. The molecule has 1 aromatic heterocycles. The monoisotopic (exact) mass is 425 g/mol. The second-order valence-corrected chi connectivity index (χ2v) is 9.06. The molecule has 0 amide bonds. The van der Waals surface area contributed by atoms with Gasteiger partial charge in [0.15, 0.2) is 0 Å². The van der Waals surface area contributed by atoms with Crippen molar-refractivity contribution in [3.63, 3.8) is 0 Å². The number of allylic oxidation sites excluding steroid dienone is 1. The van der Waals surface area contributed by atoms with Crippen LogP contribution in [0.15, 0.2) is 59.8 Å². The topological polar surface area (TPSA) is 81.5 Å². The van der Waals surface area contributed by atoms with Gasteiger partial charge < -0.3 is 4.74 Å². The molecule has 30 heavy (non-hydrogen) atoms. The summed E-state index contributed by atoms with van der Waals surface area (Å²) in [7, 11) is -2.21. The van der Waals surface area contributed by atoms with Gasteiger partial charge in [-0.05, 0) is 48.7 Å². The molecule has 4 rings (SSSR count). The second kappa shape index (κ2) is 8.41. The molecule has 0 unspecified atom stereocenters. The van der Waals surface area contributed by atoms with E-state index < -0.39 is 10.0 Å². The Morgan fingerprint density at radius 2 is 1.87 bits per heavy atom. The lowest BCUT2D eigenvalue weighted by Gasteiger charge is -2.26. The van der Waals surface area contributed by atoms with Gasteiger partial charge >= 0.3 is 0 Å². The van der Waals surface area contributed by atoms with Gasteiger partial charge in [0.2, 0.25) is 10.0 Å². The zero-order valence-electron chi connectivity index (χ0n) is 16.7. The van der Waals surface area contributed by atoms with Crippen LogP contribution in [0, 0.1) is 0 Å². The van der Waals surface area contributed by atoms with Gasteiger partial charge in [0.05, 0.1) is 18.1 Å². The molecule has 8 heteroatoms. The average molecular weight is 426 g/mol. The van der Waals surface area contributed by atoms with Crippen LogP contribution >= 0.6 is 0 Å². The molecular formula is C22H23N3O4S. The van der Waals surface area contributed by atoms with Crippen molar-refractivity contribution >= 4 is 33.0 Å². The zero-order valence-corrected chi connectivity index (χ0v) is 17.5. The highest BCUT2D eigenvalue weighted by molar-refractivity contribution is 7.89. The van der Waals surface area contributed by atoms with E-state index in [-0.39, 0.29) is 10.8 Å². The fourth-order valence-electron chi connectivity index (χ4n) is 3.63. The number of para-hydroxylation sites is 2. The van der Waals surface area contributed by atoms with Gasteiger partial charge in [-0.3, -0.25) is 9.36 Å². The van der Waals surface area contributed by atoms with E-state index in [1.807, 2.05) is 24.3 Å². The minimum Gasteiger partial charge on any atom is -0.495 e. The molecule has 0 bridgehead atoms. The number of sulfonamides is 1. The number of hydrogen-bond acceptors (Lipinski definition) is 5. The third-order valence-electron chi connectivity index (χ3n) is 5.23. The summed E-state index contributed by atoms with van der Waals surface area (Å²) in [6.07, 6.45) is 7.25. The van der Waals surface area contributed by atoms with Crippen LogP contribution in [0.2, 0.25) is 0 Å². The number of aromatic nitrogens is 2. The first-order valence-corrected chi connectivity index (χ1v) is 11.3. The molecular weight excluding hydrogens is 402 g/mol. The van der Waals surface area contributed by atoms with Crippen molar-refractivity contribution in [2.24, 2.45) is 0 Å². The average Bonchev–Trinajstić information content (AvgIpc) is 3.22. The van der Waals surface area contributed by atoms with E-state index in [0.29, 0.717) is 24.4 Å². The first-order valence-electron chi connectivity index (χ1n) is 9.83. The van der Waals surface area contributed by atoms with Crippen molar-refractivity contribution in [3.8, 4) is 5.75 Å². The number of ether oxygens (including phenoxy) is 1. The number of imidazole rings is 1. The summed E-state index contributed by atoms with van der Waals surface area (Å²) in [6.45, 7) is 1.02. The minimum absolute atomic E-state index is 0.120. The number of carbonyl (C=O) groups is 1. The molecule has 7 nitrogen and oxygen atoms in total. The second-order valence-electron chi connectivity index (χ2n) is 7.15. The summed E-state index contributed by atoms with van der Waals surface area (Å²) in [4.78, 5) is 17.0. The summed E-state index contributed by atoms with van der Waals surface area (Å²) >= 11 is 0. The van der Waals surface area contributed by atoms with Crippen molar-refractivity contribution in [1.29, 1.82) is 0 Å². The molecule has 0 spiro atoms. The lowest BCUT2D eigenvalue weighted by Crippen LogP contribution is -2.35. The minimum atomic E-state index is -3.66. The molecule has 0 N–H and O–H groups in total. The van der Waals surface area contributed by atoms with Crippen molar-refractivity contribution in [2.75, 3.05) is 20.2 Å². The van der Waals surface area contributed by atoms with Crippen molar-refractivity contribution in [2.45, 2.75) is 24.2 Å². The van der Waals surface area contributed by atoms with E-state index in [9.17, 15) is 13.2 Å². The number of benzene rings is 2. The van der Waals surface area contributed by atoms with Crippen molar-refractivity contribution in [3.05, 3.63) is 60.4 Å². The molecule has 1 saturated heterocycles. The summed E-state index contributed by atoms with van der Waals surface area (Å²) in [5.41, 5.74) is 2.05. The summed E-state index contributed by atoms with van der Waals surface area (Å²) < 4.78 is 34.5. The molecule has 2 aromatic carbocycles.